The maximum Gasteiger partial charge on any atom is 0.139 e. The number of aromatic hydroxyl groups is 1. The number of hydrogen-bond donors (Lipinski definition) is 3. The van der Waals surface area contributed by atoms with Gasteiger partial charge in [0.05, 0.1) is 17.2 Å². The summed E-state index contributed by atoms with van der Waals surface area (Å²) in [4.78, 5) is 0. The van der Waals surface area contributed by atoms with E-state index < -0.39 is 12.1 Å². The Labute approximate surface area is 130 Å². The molecule has 0 aromatic heterocycles. The molecule has 0 bridgehead atoms. The Morgan fingerprint density at radius 3 is 2.32 bits per heavy atom. The highest BCUT2D eigenvalue weighted by molar-refractivity contribution is 6.35. The zero-order valence-corrected chi connectivity index (χ0v) is 13.3. The maximum absolute atomic E-state index is 10.0. The van der Waals surface area contributed by atoms with Gasteiger partial charge in [0.25, 0.3) is 0 Å². The smallest absolute Gasteiger partial charge is 0.139 e. The lowest BCUT2D eigenvalue weighted by atomic mass is 9.95. The molecule has 4 N–H and O–H groups in total. The summed E-state index contributed by atoms with van der Waals surface area (Å²) >= 11 is 11.7. The number of aliphatic hydroxyl groups excluding tert-OH is 1. The predicted molar refractivity (Wildman–Crippen MR) is 82.4 cm³/mol. The molecule has 6 heteroatoms. The van der Waals surface area contributed by atoms with E-state index >= 15 is 0 Å². The molecule has 0 aliphatic heterocycles. The molecule has 1 aromatic carbocycles. The van der Waals surface area contributed by atoms with Gasteiger partial charge in [-0.25, -0.2) is 0 Å². The summed E-state index contributed by atoms with van der Waals surface area (Å²) in [5, 5.41) is 20.4. The molecule has 110 valence electrons. The fourth-order valence-electron chi connectivity index (χ4n) is 1.73. The minimum absolute atomic E-state index is 0. The van der Waals surface area contributed by atoms with Crippen LogP contribution in [0.5, 0.6) is 5.75 Å². The Morgan fingerprint density at radius 2 is 1.79 bits per heavy atom. The number of benzene rings is 1. The molecule has 1 aromatic rings. The van der Waals surface area contributed by atoms with Gasteiger partial charge in [-0.1, -0.05) is 37.0 Å². The van der Waals surface area contributed by atoms with Crippen LogP contribution < -0.4 is 5.73 Å². The Morgan fingerprint density at radius 1 is 1.21 bits per heavy atom. The molecule has 0 saturated carbocycles. The minimum atomic E-state index is -0.729. The van der Waals surface area contributed by atoms with E-state index in [0.717, 1.165) is 6.42 Å². The first kappa shape index (κ1) is 18.8. The third-order valence-corrected chi connectivity index (χ3v) is 3.38. The van der Waals surface area contributed by atoms with Gasteiger partial charge in [-0.15, -0.1) is 12.4 Å². The second-order valence-electron chi connectivity index (χ2n) is 4.89. The van der Waals surface area contributed by atoms with Crippen LogP contribution in [0.25, 0.3) is 0 Å². The van der Waals surface area contributed by atoms with Crippen LogP contribution in [-0.4, -0.2) is 16.3 Å². The molecular formula is C13H20Cl3NO2. The summed E-state index contributed by atoms with van der Waals surface area (Å²) in [6.45, 7) is 4.15. The van der Waals surface area contributed by atoms with Gasteiger partial charge in [-0.3, -0.25) is 0 Å². The molecule has 1 rings (SSSR count). The number of rotatable bonds is 5. The quantitative estimate of drug-likeness (QED) is 0.767. The first-order valence-electron chi connectivity index (χ1n) is 5.94. The third kappa shape index (κ3) is 5.36. The van der Waals surface area contributed by atoms with E-state index in [-0.39, 0.29) is 23.2 Å². The first-order chi connectivity index (χ1) is 8.32. The summed E-state index contributed by atoms with van der Waals surface area (Å²) in [5.41, 5.74) is 6.31. The molecule has 0 aliphatic carbocycles. The molecule has 0 heterocycles. The largest absolute Gasteiger partial charge is 0.506 e. The topological polar surface area (TPSA) is 66.5 Å². The lowest BCUT2D eigenvalue weighted by molar-refractivity contribution is 0.127. The van der Waals surface area contributed by atoms with Crippen LogP contribution in [0.15, 0.2) is 12.1 Å². The van der Waals surface area contributed by atoms with Crippen molar-refractivity contribution in [3.63, 3.8) is 0 Å². The summed E-state index contributed by atoms with van der Waals surface area (Å²) in [6.07, 6.45) is 0.708. The summed E-state index contributed by atoms with van der Waals surface area (Å²) in [7, 11) is 0. The Bertz CT molecular complexity index is 413. The van der Waals surface area contributed by atoms with Gasteiger partial charge in [-0.2, -0.15) is 0 Å². The van der Waals surface area contributed by atoms with Crippen LogP contribution >= 0.6 is 35.6 Å². The molecule has 0 radical (unpaired) electrons. The van der Waals surface area contributed by atoms with Crippen molar-refractivity contribution in [1.29, 1.82) is 0 Å². The van der Waals surface area contributed by atoms with Crippen molar-refractivity contribution >= 4 is 35.6 Å². The van der Waals surface area contributed by atoms with Crippen molar-refractivity contribution in [3.8, 4) is 5.75 Å². The lowest BCUT2D eigenvalue weighted by Crippen LogP contribution is -2.26. The average Bonchev–Trinajstić information content (AvgIpc) is 2.29. The van der Waals surface area contributed by atoms with Crippen LogP contribution in [0.1, 0.15) is 38.3 Å². The van der Waals surface area contributed by atoms with Gasteiger partial charge in [0.2, 0.25) is 0 Å². The van der Waals surface area contributed by atoms with Gasteiger partial charge in [0.15, 0.2) is 0 Å². The zero-order chi connectivity index (χ0) is 13.9. The van der Waals surface area contributed by atoms with Crippen molar-refractivity contribution in [2.24, 2.45) is 11.7 Å². The van der Waals surface area contributed by atoms with E-state index in [2.05, 4.69) is 13.8 Å². The second kappa shape index (κ2) is 8.18. The highest BCUT2D eigenvalue weighted by Crippen LogP contribution is 2.35. The summed E-state index contributed by atoms with van der Waals surface area (Å²) < 4.78 is 0. The van der Waals surface area contributed by atoms with Gasteiger partial charge in [-0.05, 0) is 30.9 Å². The second-order valence-corrected chi connectivity index (χ2v) is 5.73. The van der Waals surface area contributed by atoms with Crippen LogP contribution in [0.4, 0.5) is 0 Å². The van der Waals surface area contributed by atoms with Crippen molar-refractivity contribution in [3.05, 3.63) is 27.7 Å². The van der Waals surface area contributed by atoms with Crippen LogP contribution in [0.2, 0.25) is 10.0 Å². The first-order valence-corrected chi connectivity index (χ1v) is 6.70. The van der Waals surface area contributed by atoms with Crippen molar-refractivity contribution in [1.82, 2.24) is 0 Å². The Kier molecular flexibility index (Phi) is 8.09. The van der Waals surface area contributed by atoms with Gasteiger partial charge < -0.3 is 15.9 Å². The number of phenols is 1. The summed E-state index contributed by atoms with van der Waals surface area (Å²) in [6, 6.07) is 2.28. The zero-order valence-electron chi connectivity index (χ0n) is 10.9. The molecule has 0 saturated heterocycles. The summed E-state index contributed by atoms with van der Waals surface area (Å²) in [5.74, 6) is 0.376. The molecule has 0 fully saturated rings. The monoisotopic (exact) mass is 327 g/mol. The van der Waals surface area contributed by atoms with Crippen molar-refractivity contribution in [2.45, 2.75) is 38.8 Å². The van der Waals surface area contributed by atoms with Crippen LogP contribution in [0, 0.1) is 5.92 Å². The molecule has 2 atom stereocenters. The highest BCUT2D eigenvalue weighted by Gasteiger charge is 2.22. The lowest BCUT2D eigenvalue weighted by Gasteiger charge is -2.21. The molecule has 0 unspecified atom stereocenters. The molecule has 0 spiro atoms. The number of aliphatic hydroxyl groups is 1. The van der Waals surface area contributed by atoms with E-state index in [1.807, 2.05) is 0 Å². The number of hydrogen-bond acceptors (Lipinski definition) is 3. The van der Waals surface area contributed by atoms with E-state index in [1.54, 1.807) is 0 Å². The van der Waals surface area contributed by atoms with Crippen molar-refractivity contribution in [2.75, 3.05) is 0 Å². The van der Waals surface area contributed by atoms with Gasteiger partial charge >= 0.3 is 0 Å². The SMILES string of the molecule is CC(C)CC[C@@H](O)[C@@H](N)c1cc(Cl)cc(Cl)c1O.Cl. The van der Waals surface area contributed by atoms with E-state index in [4.69, 9.17) is 28.9 Å². The number of phenolic OH excluding ortho intramolecular Hbond substituents is 1. The normalized spacial score (nSPS) is 14.1. The van der Waals surface area contributed by atoms with Gasteiger partial charge in [0, 0.05) is 10.6 Å². The van der Waals surface area contributed by atoms with Gasteiger partial charge in [0.1, 0.15) is 5.75 Å². The predicted octanol–water partition coefficient (Wildman–Crippen LogP) is 3.92. The minimum Gasteiger partial charge on any atom is -0.506 e. The fraction of sp³-hybridized carbons (Fsp3) is 0.538. The molecule has 19 heavy (non-hydrogen) atoms. The van der Waals surface area contributed by atoms with E-state index in [1.165, 1.54) is 12.1 Å². The molecule has 0 aliphatic rings. The third-order valence-electron chi connectivity index (χ3n) is 2.87. The Hall–Kier alpha value is -0.190. The van der Waals surface area contributed by atoms with Crippen molar-refractivity contribution < 1.29 is 10.2 Å². The molecule has 3 nitrogen and oxygen atoms in total. The number of nitrogens with two attached hydrogens (primary N) is 1. The van der Waals surface area contributed by atoms with Crippen LogP contribution in [0.3, 0.4) is 0 Å². The fourth-order valence-corrected chi connectivity index (χ4v) is 2.24. The Balaban J connectivity index is 0.00000324. The standard InChI is InChI=1S/C13H19Cl2NO2.ClH/c1-7(2)3-4-11(17)12(16)9-5-8(14)6-10(15)13(9)18;/h5-7,11-12,17-18H,3-4,16H2,1-2H3;1H/t11-,12+;/m1./s1. The van der Waals surface area contributed by atoms with E-state index in [9.17, 15) is 10.2 Å². The average molecular weight is 329 g/mol. The van der Waals surface area contributed by atoms with E-state index in [0.29, 0.717) is 22.9 Å². The molecule has 0 amide bonds. The maximum atomic E-state index is 10.0. The number of halogens is 3. The van der Waals surface area contributed by atoms with Crippen LogP contribution in [-0.2, 0) is 0 Å². The highest BCUT2D eigenvalue weighted by atomic mass is 35.5. The molecular weight excluding hydrogens is 309 g/mol.